The van der Waals surface area contributed by atoms with Gasteiger partial charge in [-0.15, -0.1) is 0 Å². The number of carbonyl (C=O) groups is 6. The Bertz CT molecular complexity index is 1660. The molecule has 0 aromatic heterocycles. The third-order valence-corrected chi connectivity index (χ3v) is 9.18. The lowest BCUT2D eigenvalue weighted by Gasteiger charge is -2.39. The van der Waals surface area contributed by atoms with Gasteiger partial charge in [0.1, 0.15) is 30.2 Å². The number of ether oxygens (including phenoxy) is 2. The van der Waals surface area contributed by atoms with E-state index in [0.29, 0.717) is 18.4 Å². The molecule has 14 heteroatoms. The highest BCUT2D eigenvalue weighted by Crippen LogP contribution is 2.32. The van der Waals surface area contributed by atoms with Crippen molar-refractivity contribution >= 4 is 41.3 Å². The van der Waals surface area contributed by atoms with Crippen LogP contribution in [-0.4, -0.2) is 85.4 Å². The molecule has 2 aromatic rings. The van der Waals surface area contributed by atoms with Crippen LogP contribution >= 0.6 is 0 Å². The van der Waals surface area contributed by atoms with Gasteiger partial charge in [0.05, 0.1) is 26.7 Å². The summed E-state index contributed by atoms with van der Waals surface area (Å²) < 4.78 is 9.40. The fourth-order valence-electron chi connectivity index (χ4n) is 6.40. The van der Waals surface area contributed by atoms with E-state index in [1.54, 1.807) is 19.9 Å². The van der Waals surface area contributed by atoms with Crippen LogP contribution in [0.3, 0.4) is 0 Å². The zero-order chi connectivity index (χ0) is 37.2. The summed E-state index contributed by atoms with van der Waals surface area (Å²) in [6, 6.07) is 9.81. The van der Waals surface area contributed by atoms with E-state index in [2.05, 4.69) is 26.0 Å². The van der Waals surface area contributed by atoms with Gasteiger partial charge in [0.25, 0.3) is 0 Å². The Hall–Kier alpha value is -5.45. The van der Waals surface area contributed by atoms with Crippen molar-refractivity contribution in [3.8, 4) is 6.07 Å². The van der Waals surface area contributed by atoms with E-state index in [9.17, 15) is 34.0 Å². The Morgan fingerprint density at radius 3 is 2.35 bits per heavy atom. The van der Waals surface area contributed by atoms with Crippen molar-refractivity contribution in [1.82, 2.24) is 20.9 Å². The zero-order valence-electron chi connectivity index (χ0n) is 29.6. The first-order valence-electron chi connectivity index (χ1n) is 17.1. The molecule has 2 heterocycles. The Balaban J connectivity index is 1.57. The van der Waals surface area contributed by atoms with Gasteiger partial charge in [0.15, 0.2) is 0 Å². The van der Waals surface area contributed by atoms with Crippen molar-refractivity contribution in [1.29, 1.82) is 5.26 Å². The molecular formula is C37H46N6O8. The van der Waals surface area contributed by atoms with E-state index < -0.39 is 71.7 Å². The fourth-order valence-corrected chi connectivity index (χ4v) is 6.40. The third kappa shape index (κ3) is 9.62. The number of hydrogen-bond donors (Lipinski definition) is 4. The number of fused-ring (bicyclic) bond motifs is 2. The van der Waals surface area contributed by atoms with Crippen LogP contribution in [0.2, 0.25) is 0 Å². The second kappa shape index (κ2) is 17.5. The van der Waals surface area contributed by atoms with E-state index in [1.807, 2.05) is 49.4 Å². The molecule has 51 heavy (non-hydrogen) atoms. The summed E-state index contributed by atoms with van der Waals surface area (Å²) in [5.41, 5.74) is 4.20. The number of anilines is 1. The molecule has 2 aromatic carbocycles. The van der Waals surface area contributed by atoms with Crippen molar-refractivity contribution in [2.45, 2.75) is 89.5 Å². The quantitative estimate of drug-likeness (QED) is 0.212. The number of esters is 2. The lowest BCUT2D eigenvalue weighted by Crippen LogP contribution is -2.59. The summed E-state index contributed by atoms with van der Waals surface area (Å²) in [7, 11) is 2.45. The summed E-state index contributed by atoms with van der Waals surface area (Å²) in [6.07, 6.45) is 0.854. The molecule has 0 fully saturated rings. The predicted octanol–water partition coefficient (Wildman–Crippen LogP) is 2.00. The first kappa shape index (κ1) is 38.4. The van der Waals surface area contributed by atoms with Gasteiger partial charge < -0.3 is 35.6 Å². The summed E-state index contributed by atoms with van der Waals surface area (Å²) >= 11 is 0. The summed E-state index contributed by atoms with van der Waals surface area (Å²) in [5, 5.41) is 21.1. The van der Waals surface area contributed by atoms with Crippen LogP contribution in [0, 0.1) is 24.2 Å². The highest BCUT2D eigenvalue weighted by molar-refractivity contribution is 5.96. The van der Waals surface area contributed by atoms with Gasteiger partial charge in [-0.3, -0.25) is 28.8 Å². The second-order valence-electron chi connectivity index (χ2n) is 13.2. The van der Waals surface area contributed by atoms with E-state index in [-0.39, 0.29) is 32.2 Å². The Morgan fingerprint density at radius 1 is 0.961 bits per heavy atom. The van der Waals surface area contributed by atoms with Gasteiger partial charge >= 0.3 is 11.9 Å². The third-order valence-electron chi connectivity index (χ3n) is 9.18. The number of aryl methyl sites for hydroxylation is 1. The smallest absolute Gasteiger partial charge is 0.308 e. The normalized spacial score (nSPS) is 17.7. The number of carbonyl (C=O) groups excluding carboxylic acids is 6. The van der Waals surface area contributed by atoms with Crippen molar-refractivity contribution < 1.29 is 38.2 Å². The number of nitriles is 1. The van der Waals surface area contributed by atoms with Crippen molar-refractivity contribution in [3.63, 3.8) is 0 Å². The molecule has 4 N–H and O–H groups in total. The molecule has 0 saturated carbocycles. The first-order chi connectivity index (χ1) is 24.4. The number of rotatable bonds is 14. The number of methoxy groups -OCH3 is 2. The van der Waals surface area contributed by atoms with Crippen LogP contribution in [0.4, 0.5) is 5.69 Å². The largest absolute Gasteiger partial charge is 0.469 e. The average Bonchev–Trinajstić information content (AvgIpc) is 3.56. The number of benzene rings is 2. The molecule has 272 valence electrons. The van der Waals surface area contributed by atoms with Gasteiger partial charge in [0.2, 0.25) is 23.6 Å². The first-order valence-corrected chi connectivity index (χ1v) is 17.1. The molecule has 0 aliphatic carbocycles. The van der Waals surface area contributed by atoms with Crippen molar-refractivity contribution in [2.75, 3.05) is 26.1 Å². The maximum atomic E-state index is 14.4. The minimum Gasteiger partial charge on any atom is -0.469 e. The lowest BCUT2D eigenvalue weighted by atomic mass is 9.89. The number of nitrogens with zero attached hydrogens (tertiary/aromatic N) is 2. The molecule has 2 aliphatic heterocycles. The maximum Gasteiger partial charge on any atom is 0.308 e. The summed E-state index contributed by atoms with van der Waals surface area (Å²) in [4.78, 5) is 80.8. The molecule has 5 atom stereocenters. The zero-order valence-corrected chi connectivity index (χ0v) is 29.6. The fraction of sp³-hybridized carbons (Fsp3) is 0.486. The van der Waals surface area contributed by atoms with Gasteiger partial charge in [-0.1, -0.05) is 55.8 Å². The summed E-state index contributed by atoms with van der Waals surface area (Å²) in [6.45, 7) is 5.58. The molecule has 14 nitrogen and oxygen atoms in total. The standard InChI is InChI=1S/C37H46N6O8/c1-21(2)32(42-34(46)28(11-8-12-30(44)50-4)41-35(47)29-18-24-9-6-7-10-27(24)40-29)37(49)43-16-15-23-17-22(3)13-14-26(23)33(43)36(48)39-25(20-38)19-31(45)51-5/h6-7,9-10,13-14,17,21,25,28-29,32-33,40H,8,11-12,15-16,18-19H2,1-5H3,(H,39,48)(H,41,47)(H,42,46)/t25-,28-,29?,32-,33-/m0/s1. The Kier molecular flexibility index (Phi) is 13.1. The molecule has 0 saturated heterocycles. The molecule has 0 radical (unpaired) electrons. The second-order valence-corrected chi connectivity index (χ2v) is 13.2. The number of amides is 4. The van der Waals surface area contributed by atoms with Crippen LogP contribution in [-0.2, 0) is 51.1 Å². The SMILES string of the molecule is COC(=O)CCC[C@H](NC(=O)C1Cc2ccccc2N1)C(=O)N[C@H](C(=O)N1CCc2cc(C)ccc2[C@H]1C(=O)N[C@H](C#N)CC(=O)OC)C(C)C. The van der Waals surface area contributed by atoms with E-state index in [0.717, 1.165) is 22.4 Å². The summed E-state index contributed by atoms with van der Waals surface area (Å²) in [5.74, 6) is -3.79. The molecule has 4 rings (SSSR count). The Labute approximate surface area is 297 Å². The monoisotopic (exact) mass is 702 g/mol. The molecule has 0 spiro atoms. The lowest BCUT2D eigenvalue weighted by molar-refractivity contribution is -0.146. The molecule has 4 amide bonds. The highest BCUT2D eigenvalue weighted by atomic mass is 16.5. The van der Waals surface area contributed by atoms with Crippen LogP contribution in [0.1, 0.15) is 67.8 Å². The number of para-hydroxylation sites is 1. The van der Waals surface area contributed by atoms with Gasteiger partial charge in [-0.05, 0) is 54.9 Å². The van der Waals surface area contributed by atoms with Crippen molar-refractivity contribution in [3.05, 3.63) is 64.7 Å². The van der Waals surface area contributed by atoms with E-state index in [1.165, 1.54) is 19.1 Å². The van der Waals surface area contributed by atoms with E-state index in [4.69, 9.17) is 4.74 Å². The van der Waals surface area contributed by atoms with Crippen LogP contribution in [0.5, 0.6) is 0 Å². The number of nitrogens with one attached hydrogen (secondary N) is 4. The van der Waals surface area contributed by atoms with E-state index >= 15 is 0 Å². The van der Waals surface area contributed by atoms with Crippen LogP contribution in [0.25, 0.3) is 0 Å². The topological polar surface area (TPSA) is 196 Å². The van der Waals surface area contributed by atoms with Gasteiger partial charge in [0, 0.05) is 25.1 Å². The molecule has 2 aliphatic rings. The average molecular weight is 703 g/mol. The minimum atomic E-state index is -1.20. The van der Waals surface area contributed by atoms with Crippen LogP contribution < -0.4 is 21.3 Å². The highest BCUT2D eigenvalue weighted by Gasteiger charge is 2.41. The van der Waals surface area contributed by atoms with Crippen molar-refractivity contribution in [2.24, 2.45) is 5.92 Å². The maximum absolute atomic E-state index is 14.4. The van der Waals surface area contributed by atoms with Gasteiger partial charge in [-0.25, -0.2) is 0 Å². The minimum absolute atomic E-state index is 0.0267. The Morgan fingerprint density at radius 2 is 1.69 bits per heavy atom. The molecule has 1 unspecified atom stereocenters. The number of hydrogen-bond acceptors (Lipinski definition) is 10. The predicted molar refractivity (Wildman–Crippen MR) is 186 cm³/mol. The van der Waals surface area contributed by atoms with Crippen LogP contribution in [0.15, 0.2) is 42.5 Å². The molecular weight excluding hydrogens is 656 g/mol. The molecule has 0 bridgehead atoms. The van der Waals surface area contributed by atoms with Gasteiger partial charge in [-0.2, -0.15) is 5.26 Å².